The summed E-state index contributed by atoms with van der Waals surface area (Å²) in [6, 6.07) is 9.64. The summed E-state index contributed by atoms with van der Waals surface area (Å²) in [5, 5.41) is 3.00. The predicted octanol–water partition coefficient (Wildman–Crippen LogP) is 1.60. The quantitative estimate of drug-likeness (QED) is 0.784. The number of rotatable bonds is 8. The van der Waals surface area contributed by atoms with Crippen molar-refractivity contribution in [3.63, 3.8) is 0 Å². The Morgan fingerprint density at radius 3 is 2.50 bits per heavy atom. The number of benzene rings is 1. The van der Waals surface area contributed by atoms with Crippen LogP contribution in [0, 0.1) is 0 Å². The highest BCUT2D eigenvalue weighted by molar-refractivity contribution is 5.77. The van der Waals surface area contributed by atoms with Crippen molar-refractivity contribution in [3.8, 4) is 5.75 Å². The zero-order chi connectivity index (χ0) is 17.2. The lowest BCUT2D eigenvalue weighted by molar-refractivity contribution is -0.132. The number of para-hydroxylation sites is 1. The molecule has 0 radical (unpaired) electrons. The molecule has 1 fully saturated rings. The van der Waals surface area contributed by atoms with Crippen molar-refractivity contribution < 1.29 is 19.1 Å². The van der Waals surface area contributed by atoms with Gasteiger partial charge in [0.25, 0.3) is 0 Å². The minimum atomic E-state index is 0.0119. The number of likely N-dealkylation sites (tertiary alicyclic amines) is 1. The van der Waals surface area contributed by atoms with E-state index in [0.29, 0.717) is 39.1 Å². The van der Waals surface area contributed by atoms with Gasteiger partial charge in [0.1, 0.15) is 5.75 Å². The molecule has 1 aliphatic rings. The monoisotopic (exact) mass is 334 g/mol. The number of piperidine rings is 1. The van der Waals surface area contributed by atoms with Crippen molar-refractivity contribution in [2.24, 2.45) is 0 Å². The first-order chi connectivity index (χ1) is 11.7. The zero-order valence-corrected chi connectivity index (χ0v) is 14.2. The molecule has 6 nitrogen and oxygen atoms in total. The minimum Gasteiger partial charge on any atom is -0.493 e. The summed E-state index contributed by atoms with van der Waals surface area (Å²) in [5.41, 5.74) is 0. The van der Waals surface area contributed by atoms with Crippen LogP contribution in [0.2, 0.25) is 0 Å². The SMILES string of the molecule is COCCC(=O)NC1CCN(C(=O)CCOc2ccccc2)CC1. The van der Waals surface area contributed by atoms with Crippen molar-refractivity contribution in [2.75, 3.05) is 33.4 Å². The molecule has 1 saturated heterocycles. The number of nitrogens with zero attached hydrogens (tertiary/aromatic N) is 1. The van der Waals surface area contributed by atoms with Gasteiger partial charge in [0.15, 0.2) is 0 Å². The Morgan fingerprint density at radius 2 is 1.83 bits per heavy atom. The molecule has 1 aromatic carbocycles. The molecule has 1 aliphatic heterocycles. The van der Waals surface area contributed by atoms with Gasteiger partial charge in [0.2, 0.25) is 11.8 Å². The van der Waals surface area contributed by atoms with Crippen LogP contribution in [-0.4, -0.2) is 56.2 Å². The molecule has 24 heavy (non-hydrogen) atoms. The van der Waals surface area contributed by atoms with Crippen LogP contribution in [0.4, 0.5) is 0 Å². The summed E-state index contributed by atoms with van der Waals surface area (Å²) in [6.45, 7) is 2.18. The maximum absolute atomic E-state index is 12.2. The topological polar surface area (TPSA) is 67.9 Å². The number of methoxy groups -OCH3 is 1. The van der Waals surface area contributed by atoms with Crippen LogP contribution in [0.15, 0.2) is 30.3 Å². The molecule has 2 amide bonds. The number of hydrogen-bond acceptors (Lipinski definition) is 4. The van der Waals surface area contributed by atoms with Gasteiger partial charge in [-0.2, -0.15) is 0 Å². The second kappa shape index (κ2) is 9.93. The van der Waals surface area contributed by atoms with E-state index in [-0.39, 0.29) is 17.9 Å². The van der Waals surface area contributed by atoms with Crippen molar-refractivity contribution in [1.82, 2.24) is 10.2 Å². The molecule has 1 heterocycles. The Morgan fingerprint density at radius 1 is 1.12 bits per heavy atom. The fourth-order valence-corrected chi connectivity index (χ4v) is 2.70. The van der Waals surface area contributed by atoms with E-state index in [4.69, 9.17) is 9.47 Å². The molecule has 0 spiro atoms. The van der Waals surface area contributed by atoms with E-state index in [1.54, 1.807) is 7.11 Å². The van der Waals surface area contributed by atoms with Crippen LogP contribution in [0.5, 0.6) is 5.75 Å². The van der Waals surface area contributed by atoms with E-state index in [1.165, 1.54) is 0 Å². The van der Waals surface area contributed by atoms with Crippen LogP contribution in [0.1, 0.15) is 25.7 Å². The molecule has 1 N–H and O–H groups in total. The van der Waals surface area contributed by atoms with E-state index in [9.17, 15) is 9.59 Å². The standard InChI is InChI=1S/C18H26N2O4/c1-23-13-9-17(21)19-15-7-11-20(12-8-15)18(22)10-14-24-16-5-3-2-4-6-16/h2-6,15H,7-14H2,1H3,(H,19,21). The average molecular weight is 334 g/mol. The highest BCUT2D eigenvalue weighted by atomic mass is 16.5. The largest absolute Gasteiger partial charge is 0.493 e. The minimum absolute atomic E-state index is 0.0119. The van der Waals surface area contributed by atoms with Gasteiger partial charge in [-0.25, -0.2) is 0 Å². The molecule has 0 unspecified atom stereocenters. The van der Waals surface area contributed by atoms with Gasteiger partial charge in [0, 0.05) is 32.7 Å². The van der Waals surface area contributed by atoms with E-state index in [1.807, 2.05) is 35.2 Å². The van der Waals surface area contributed by atoms with Gasteiger partial charge in [-0.15, -0.1) is 0 Å². The number of nitrogens with one attached hydrogen (secondary N) is 1. The molecule has 0 saturated carbocycles. The second-order valence-corrected chi connectivity index (χ2v) is 5.88. The zero-order valence-electron chi connectivity index (χ0n) is 14.2. The summed E-state index contributed by atoms with van der Waals surface area (Å²) in [5.74, 6) is 0.899. The lowest BCUT2D eigenvalue weighted by Gasteiger charge is -2.32. The molecule has 0 atom stereocenters. The fourth-order valence-electron chi connectivity index (χ4n) is 2.70. The Balaban J connectivity index is 1.62. The number of amides is 2. The smallest absolute Gasteiger partial charge is 0.225 e. The van der Waals surface area contributed by atoms with Crippen molar-refractivity contribution in [3.05, 3.63) is 30.3 Å². The van der Waals surface area contributed by atoms with Gasteiger partial charge >= 0.3 is 0 Å². The maximum atomic E-state index is 12.2. The molecule has 0 aliphatic carbocycles. The van der Waals surface area contributed by atoms with Gasteiger partial charge in [-0.05, 0) is 25.0 Å². The second-order valence-electron chi connectivity index (χ2n) is 5.88. The fraction of sp³-hybridized carbons (Fsp3) is 0.556. The molecule has 1 aromatic rings. The molecule has 2 rings (SSSR count). The van der Waals surface area contributed by atoms with Crippen LogP contribution in [-0.2, 0) is 14.3 Å². The number of carbonyl (C=O) groups excluding carboxylic acids is 2. The maximum Gasteiger partial charge on any atom is 0.225 e. The third-order valence-corrected chi connectivity index (χ3v) is 4.07. The van der Waals surface area contributed by atoms with Gasteiger partial charge in [-0.1, -0.05) is 18.2 Å². The van der Waals surface area contributed by atoms with Crippen molar-refractivity contribution in [2.45, 2.75) is 31.7 Å². The highest BCUT2D eigenvalue weighted by Gasteiger charge is 2.23. The normalized spacial score (nSPS) is 15.1. The molecular formula is C18H26N2O4. The summed E-state index contributed by atoms with van der Waals surface area (Å²) in [7, 11) is 1.58. The van der Waals surface area contributed by atoms with Crippen LogP contribution < -0.4 is 10.1 Å². The van der Waals surface area contributed by atoms with Crippen molar-refractivity contribution >= 4 is 11.8 Å². The van der Waals surface area contributed by atoms with E-state index >= 15 is 0 Å². The Bertz CT molecular complexity index is 513. The predicted molar refractivity (Wildman–Crippen MR) is 90.8 cm³/mol. The third-order valence-electron chi connectivity index (χ3n) is 4.07. The summed E-state index contributed by atoms with van der Waals surface area (Å²) in [6.07, 6.45) is 2.35. The van der Waals surface area contributed by atoms with Gasteiger partial charge < -0.3 is 19.7 Å². The number of carbonyl (C=O) groups is 2. The molecular weight excluding hydrogens is 308 g/mol. The van der Waals surface area contributed by atoms with E-state index < -0.39 is 0 Å². The lowest BCUT2D eigenvalue weighted by atomic mass is 10.0. The summed E-state index contributed by atoms with van der Waals surface area (Å²) < 4.78 is 10.5. The first kappa shape index (κ1) is 18.3. The Labute approximate surface area is 143 Å². The first-order valence-electron chi connectivity index (χ1n) is 8.43. The molecule has 0 aromatic heterocycles. The highest BCUT2D eigenvalue weighted by Crippen LogP contribution is 2.13. The lowest BCUT2D eigenvalue weighted by Crippen LogP contribution is -2.46. The van der Waals surface area contributed by atoms with Gasteiger partial charge in [0.05, 0.1) is 19.6 Å². The van der Waals surface area contributed by atoms with E-state index in [2.05, 4.69) is 5.32 Å². The molecule has 6 heteroatoms. The van der Waals surface area contributed by atoms with Crippen LogP contribution in [0.25, 0.3) is 0 Å². The summed E-state index contributed by atoms with van der Waals surface area (Å²) >= 11 is 0. The third kappa shape index (κ3) is 6.20. The van der Waals surface area contributed by atoms with Crippen LogP contribution >= 0.6 is 0 Å². The van der Waals surface area contributed by atoms with E-state index in [0.717, 1.165) is 18.6 Å². The van der Waals surface area contributed by atoms with Gasteiger partial charge in [-0.3, -0.25) is 9.59 Å². The Kier molecular flexibility index (Phi) is 7.55. The number of ether oxygens (including phenoxy) is 2. The summed E-state index contributed by atoms with van der Waals surface area (Å²) in [4.78, 5) is 25.7. The number of hydrogen-bond donors (Lipinski definition) is 1. The molecule has 132 valence electrons. The van der Waals surface area contributed by atoms with Crippen molar-refractivity contribution in [1.29, 1.82) is 0 Å². The Hall–Kier alpha value is -2.08. The average Bonchev–Trinajstić information content (AvgIpc) is 2.61. The first-order valence-corrected chi connectivity index (χ1v) is 8.43. The molecule has 0 bridgehead atoms. The van der Waals surface area contributed by atoms with Crippen LogP contribution in [0.3, 0.4) is 0 Å².